The van der Waals surface area contributed by atoms with E-state index >= 15 is 0 Å². The fraction of sp³-hybridized carbons (Fsp3) is 0.122. The summed E-state index contributed by atoms with van der Waals surface area (Å²) in [5.74, 6) is 0. The number of benzene rings is 7. The highest BCUT2D eigenvalue weighted by atomic mass is 14.4. The molecule has 0 amide bonds. The normalized spacial score (nSPS) is 16.1. The van der Waals surface area contributed by atoms with Crippen LogP contribution in [0.15, 0.2) is 127 Å². The van der Waals surface area contributed by atoms with Gasteiger partial charge in [-0.15, -0.1) is 0 Å². The molecule has 0 atom stereocenters. The van der Waals surface area contributed by atoms with Crippen molar-refractivity contribution in [3.8, 4) is 11.1 Å². The second kappa shape index (κ2) is 8.18. The van der Waals surface area contributed by atoms with E-state index in [2.05, 4.69) is 135 Å². The number of hydrogen-bond donors (Lipinski definition) is 0. The van der Waals surface area contributed by atoms with Crippen LogP contribution >= 0.6 is 0 Å². The van der Waals surface area contributed by atoms with Crippen LogP contribution in [0, 0.1) is 0 Å². The standard InChI is InChI=1S/C41H30/c1-41(2)37-23-29(32-12-6-8-25-7-3-4-11-31(25)32)17-20-34(37)35-21-18-30(24-38(35)41)33-19-15-28-14-13-26-9-5-10-27-16-22-36(33)40(28)39(26)27/h3-16,18-19,21-24H,17,20H2,1-2H3. The Bertz CT molecular complexity index is 2250. The van der Waals surface area contributed by atoms with Gasteiger partial charge in [-0.2, -0.15) is 0 Å². The minimum Gasteiger partial charge on any atom is -0.0616 e. The topological polar surface area (TPSA) is 0 Å². The SMILES string of the molecule is CC1(C)C2=C(CCC(c3cccc4ccccc34)=C2)c2ccc(-c3ccc4ccc5cccc6ccc3c4c56)cc21. The molecule has 41 heavy (non-hydrogen) atoms. The predicted molar refractivity (Wildman–Crippen MR) is 177 cm³/mol. The van der Waals surface area contributed by atoms with Crippen LogP contribution in [0.5, 0.6) is 0 Å². The van der Waals surface area contributed by atoms with Crippen molar-refractivity contribution in [2.75, 3.05) is 0 Å². The van der Waals surface area contributed by atoms with Gasteiger partial charge in [-0.05, 0) is 107 Å². The Hall–Kier alpha value is -4.68. The molecule has 0 radical (unpaired) electrons. The van der Waals surface area contributed by atoms with Gasteiger partial charge >= 0.3 is 0 Å². The molecule has 0 saturated heterocycles. The maximum Gasteiger partial charge on any atom is 0.0155 e. The first kappa shape index (κ1) is 23.1. The second-order valence-corrected chi connectivity index (χ2v) is 12.4. The highest BCUT2D eigenvalue weighted by Crippen LogP contribution is 2.53. The lowest BCUT2D eigenvalue weighted by atomic mass is 9.77. The molecule has 0 unspecified atom stereocenters. The van der Waals surface area contributed by atoms with Gasteiger partial charge in [0.1, 0.15) is 0 Å². The molecule has 7 aromatic rings. The van der Waals surface area contributed by atoms with Gasteiger partial charge in [0.15, 0.2) is 0 Å². The molecule has 2 aliphatic rings. The van der Waals surface area contributed by atoms with Crippen LogP contribution in [0.25, 0.3) is 65.4 Å². The molecule has 0 N–H and O–H groups in total. The first-order chi connectivity index (χ1) is 20.1. The van der Waals surface area contributed by atoms with Crippen molar-refractivity contribution in [1.29, 1.82) is 0 Å². The smallest absolute Gasteiger partial charge is 0.0155 e. The van der Waals surface area contributed by atoms with Gasteiger partial charge in [-0.1, -0.05) is 129 Å². The molecule has 7 aromatic carbocycles. The summed E-state index contributed by atoms with van der Waals surface area (Å²) >= 11 is 0. The second-order valence-electron chi connectivity index (χ2n) is 12.4. The summed E-state index contributed by atoms with van der Waals surface area (Å²) < 4.78 is 0. The molecular weight excluding hydrogens is 492 g/mol. The van der Waals surface area contributed by atoms with Crippen molar-refractivity contribution in [2.24, 2.45) is 0 Å². The zero-order chi connectivity index (χ0) is 27.3. The molecule has 0 nitrogen and oxygen atoms in total. The van der Waals surface area contributed by atoms with E-state index in [0.717, 1.165) is 12.8 Å². The van der Waals surface area contributed by atoms with Crippen LogP contribution in [0.3, 0.4) is 0 Å². The van der Waals surface area contributed by atoms with Crippen molar-refractivity contribution >= 4 is 54.2 Å². The molecule has 9 rings (SSSR count). The molecule has 0 spiro atoms. The van der Waals surface area contributed by atoms with Gasteiger partial charge in [0.2, 0.25) is 0 Å². The number of hydrogen-bond acceptors (Lipinski definition) is 0. The quantitative estimate of drug-likeness (QED) is 0.198. The summed E-state index contributed by atoms with van der Waals surface area (Å²) in [7, 11) is 0. The van der Waals surface area contributed by atoms with Gasteiger partial charge in [0, 0.05) is 5.41 Å². The lowest BCUT2D eigenvalue weighted by Crippen LogP contribution is -2.17. The minimum atomic E-state index is -0.0410. The van der Waals surface area contributed by atoms with Crippen LogP contribution in [-0.2, 0) is 5.41 Å². The molecule has 0 bridgehead atoms. The van der Waals surface area contributed by atoms with E-state index in [-0.39, 0.29) is 5.41 Å². The lowest BCUT2D eigenvalue weighted by Gasteiger charge is -2.26. The molecular formula is C41H30. The van der Waals surface area contributed by atoms with Gasteiger partial charge < -0.3 is 0 Å². The van der Waals surface area contributed by atoms with Crippen molar-refractivity contribution in [1.82, 2.24) is 0 Å². The summed E-state index contributed by atoms with van der Waals surface area (Å²) in [6.07, 6.45) is 4.70. The first-order valence-electron chi connectivity index (χ1n) is 14.8. The third-order valence-corrected chi connectivity index (χ3v) is 9.95. The maximum atomic E-state index is 2.52. The van der Waals surface area contributed by atoms with E-state index in [0.29, 0.717) is 0 Å². The molecule has 0 heteroatoms. The summed E-state index contributed by atoms with van der Waals surface area (Å²) in [5.41, 5.74) is 11.4. The summed E-state index contributed by atoms with van der Waals surface area (Å²) in [4.78, 5) is 0. The van der Waals surface area contributed by atoms with Crippen LogP contribution in [0.4, 0.5) is 0 Å². The molecule has 2 aliphatic carbocycles. The van der Waals surface area contributed by atoms with Crippen LogP contribution in [-0.4, -0.2) is 0 Å². The number of fused-ring (bicyclic) bond motifs is 3. The van der Waals surface area contributed by atoms with E-state index in [4.69, 9.17) is 0 Å². The lowest BCUT2D eigenvalue weighted by molar-refractivity contribution is 0.652. The minimum absolute atomic E-state index is 0.0410. The fourth-order valence-corrected chi connectivity index (χ4v) is 7.91. The Kier molecular flexibility index (Phi) is 4.60. The molecule has 0 saturated carbocycles. The van der Waals surface area contributed by atoms with Crippen LogP contribution in [0.1, 0.15) is 43.4 Å². The highest BCUT2D eigenvalue weighted by Gasteiger charge is 2.38. The van der Waals surface area contributed by atoms with Gasteiger partial charge in [0.25, 0.3) is 0 Å². The largest absolute Gasteiger partial charge is 0.0616 e. The molecule has 194 valence electrons. The van der Waals surface area contributed by atoms with Crippen LogP contribution < -0.4 is 0 Å². The number of allylic oxidation sites excluding steroid dienone is 4. The van der Waals surface area contributed by atoms with Gasteiger partial charge in [0.05, 0.1) is 0 Å². The highest BCUT2D eigenvalue weighted by molar-refractivity contribution is 6.25. The van der Waals surface area contributed by atoms with Crippen molar-refractivity contribution in [3.63, 3.8) is 0 Å². The van der Waals surface area contributed by atoms with Crippen molar-refractivity contribution in [2.45, 2.75) is 32.1 Å². The molecule has 0 aromatic heterocycles. The Morgan fingerprint density at radius 3 is 2.07 bits per heavy atom. The van der Waals surface area contributed by atoms with E-state index in [1.165, 1.54) is 87.6 Å². The first-order valence-corrected chi connectivity index (χ1v) is 14.8. The Morgan fingerprint density at radius 1 is 0.512 bits per heavy atom. The Labute approximate surface area is 240 Å². The average molecular weight is 523 g/mol. The average Bonchev–Trinajstić information content (AvgIpc) is 3.24. The molecule has 0 heterocycles. The summed E-state index contributed by atoms with van der Waals surface area (Å²) in [6.45, 7) is 4.84. The Morgan fingerprint density at radius 2 is 1.20 bits per heavy atom. The van der Waals surface area contributed by atoms with Crippen molar-refractivity contribution < 1.29 is 0 Å². The van der Waals surface area contributed by atoms with E-state index in [9.17, 15) is 0 Å². The number of rotatable bonds is 2. The predicted octanol–water partition coefficient (Wildman–Crippen LogP) is 11.3. The maximum absolute atomic E-state index is 2.52. The van der Waals surface area contributed by atoms with E-state index in [1.807, 2.05) is 0 Å². The third kappa shape index (κ3) is 3.16. The summed E-state index contributed by atoms with van der Waals surface area (Å²) in [6, 6.07) is 43.2. The van der Waals surface area contributed by atoms with Gasteiger partial charge in [-0.25, -0.2) is 0 Å². The fourth-order valence-electron chi connectivity index (χ4n) is 7.91. The van der Waals surface area contributed by atoms with E-state index in [1.54, 1.807) is 0 Å². The van der Waals surface area contributed by atoms with E-state index < -0.39 is 0 Å². The summed E-state index contributed by atoms with van der Waals surface area (Å²) in [5, 5.41) is 10.7. The Balaban J connectivity index is 1.19. The third-order valence-electron chi connectivity index (χ3n) is 9.95. The zero-order valence-electron chi connectivity index (χ0n) is 23.5. The monoisotopic (exact) mass is 522 g/mol. The van der Waals surface area contributed by atoms with Crippen LogP contribution in [0.2, 0.25) is 0 Å². The molecule has 0 aliphatic heterocycles. The zero-order valence-corrected chi connectivity index (χ0v) is 23.5. The van der Waals surface area contributed by atoms with Gasteiger partial charge in [-0.3, -0.25) is 0 Å². The van der Waals surface area contributed by atoms with Crippen molar-refractivity contribution in [3.05, 3.63) is 144 Å². The molecule has 0 fully saturated rings.